The average Bonchev–Trinajstić information content (AvgIpc) is 2.45. The number of carbonyl (C=O) groups is 1. The molecular formula is C9H13F3N2O. The molecule has 2 fully saturated rings. The summed E-state index contributed by atoms with van der Waals surface area (Å²) >= 11 is 0. The van der Waals surface area contributed by atoms with Crippen LogP contribution in [0.5, 0.6) is 0 Å². The van der Waals surface area contributed by atoms with E-state index in [-0.39, 0.29) is 18.5 Å². The first kappa shape index (κ1) is 10.7. The number of nitrogens with zero attached hydrogens (tertiary/aromatic N) is 2. The molecule has 86 valence electrons. The van der Waals surface area contributed by atoms with E-state index in [1.54, 1.807) is 0 Å². The maximum atomic E-state index is 12.1. The number of carbonyl (C=O) groups excluding carboxylic acids is 1. The van der Waals surface area contributed by atoms with Gasteiger partial charge in [0.05, 0.1) is 0 Å². The Morgan fingerprint density at radius 3 is 2.33 bits per heavy atom. The summed E-state index contributed by atoms with van der Waals surface area (Å²) in [6.45, 7) is 2.10. The van der Waals surface area contributed by atoms with Gasteiger partial charge in [-0.15, -0.1) is 0 Å². The smallest absolute Gasteiger partial charge is 0.334 e. The maximum Gasteiger partial charge on any atom is 0.471 e. The van der Waals surface area contributed by atoms with Crippen molar-refractivity contribution in [3.05, 3.63) is 0 Å². The summed E-state index contributed by atoms with van der Waals surface area (Å²) in [4.78, 5) is 14.0. The van der Waals surface area contributed by atoms with Crippen LogP contribution in [-0.4, -0.2) is 55.1 Å². The third-order valence-corrected chi connectivity index (χ3v) is 3.18. The highest BCUT2D eigenvalue weighted by Gasteiger charge is 2.51. The van der Waals surface area contributed by atoms with E-state index in [0.29, 0.717) is 6.42 Å². The van der Waals surface area contributed by atoms with Crippen LogP contribution < -0.4 is 0 Å². The zero-order chi connectivity index (χ0) is 11.3. The molecule has 2 rings (SSSR count). The van der Waals surface area contributed by atoms with Gasteiger partial charge < -0.3 is 9.80 Å². The summed E-state index contributed by atoms with van der Waals surface area (Å²) in [6, 6.07) is 0. The van der Waals surface area contributed by atoms with Crippen LogP contribution >= 0.6 is 0 Å². The summed E-state index contributed by atoms with van der Waals surface area (Å²) < 4.78 is 36.4. The number of halogens is 3. The second kappa shape index (κ2) is 3.10. The second-order valence-corrected chi connectivity index (χ2v) is 4.65. The summed E-state index contributed by atoms with van der Waals surface area (Å²) in [6.07, 6.45) is -4.03. The lowest BCUT2D eigenvalue weighted by molar-refractivity contribution is -0.185. The predicted molar refractivity (Wildman–Crippen MR) is 47.2 cm³/mol. The van der Waals surface area contributed by atoms with Crippen LogP contribution in [-0.2, 0) is 4.79 Å². The molecule has 1 amide bonds. The number of amides is 1. The van der Waals surface area contributed by atoms with Crippen LogP contribution in [0.25, 0.3) is 0 Å². The van der Waals surface area contributed by atoms with Gasteiger partial charge in [-0.05, 0) is 13.5 Å². The van der Waals surface area contributed by atoms with Crippen molar-refractivity contribution in [1.82, 2.24) is 9.80 Å². The van der Waals surface area contributed by atoms with E-state index in [9.17, 15) is 18.0 Å². The number of likely N-dealkylation sites (tertiary alicyclic amines) is 2. The molecule has 0 saturated carbocycles. The zero-order valence-electron chi connectivity index (χ0n) is 8.47. The first-order valence-electron chi connectivity index (χ1n) is 4.87. The Kier molecular flexibility index (Phi) is 2.22. The molecule has 3 nitrogen and oxygen atoms in total. The Morgan fingerprint density at radius 1 is 1.27 bits per heavy atom. The minimum atomic E-state index is -4.72. The Hall–Kier alpha value is -0.780. The van der Waals surface area contributed by atoms with Crippen molar-refractivity contribution in [3.8, 4) is 0 Å². The standard InChI is InChI=1S/C9H13F3N2O/c1-13-4-8(5-13)2-3-14(6-8)7(15)9(10,11)12/h2-6H2,1H3. The topological polar surface area (TPSA) is 23.6 Å². The lowest BCUT2D eigenvalue weighted by atomic mass is 9.79. The fraction of sp³-hybridized carbons (Fsp3) is 0.889. The lowest BCUT2D eigenvalue weighted by Crippen LogP contribution is -2.56. The maximum absolute atomic E-state index is 12.1. The fourth-order valence-corrected chi connectivity index (χ4v) is 2.64. The normalized spacial score (nSPS) is 25.7. The molecule has 0 aliphatic carbocycles. The van der Waals surface area contributed by atoms with Gasteiger partial charge in [0.2, 0.25) is 0 Å². The molecule has 0 aromatic rings. The largest absolute Gasteiger partial charge is 0.471 e. The van der Waals surface area contributed by atoms with E-state index in [4.69, 9.17) is 0 Å². The van der Waals surface area contributed by atoms with Gasteiger partial charge in [-0.2, -0.15) is 13.2 Å². The Balaban J connectivity index is 1.96. The van der Waals surface area contributed by atoms with Crippen LogP contribution in [0.1, 0.15) is 6.42 Å². The predicted octanol–water partition coefficient (Wildman–Crippen LogP) is 0.713. The van der Waals surface area contributed by atoms with Crippen molar-refractivity contribution in [2.75, 3.05) is 33.2 Å². The number of alkyl halides is 3. The number of hydrogen-bond acceptors (Lipinski definition) is 2. The molecule has 0 radical (unpaired) electrons. The Morgan fingerprint density at radius 2 is 1.87 bits per heavy atom. The van der Waals surface area contributed by atoms with Gasteiger partial charge in [0.25, 0.3) is 0 Å². The van der Waals surface area contributed by atoms with Gasteiger partial charge in [0.15, 0.2) is 0 Å². The zero-order valence-corrected chi connectivity index (χ0v) is 8.47. The van der Waals surface area contributed by atoms with Crippen molar-refractivity contribution in [1.29, 1.82) is 0 Å². The molecule has 6 heteroatoms. The fourth-order valence-electron chi connectivity index (χ4n) is 2.64. The number of hydrogen-bond donors (Lipinski definition) is 0. The van der Waals surface area contributed by atoms with Gasteiger partial charge in [-0.3, -0.25) is 4.79 Å². The minimum Gasteiger partial charge on any atom is -0.334 e. The number of rotatable bonds is 0. The summed E-state index contributed by atoms with van der Waals surface area (Å²) in [5, 5.41) is 0. The molecule has 0 aromatic heterocycles. The average molecular weight is 222 g/mol. The van der Waals surface area contributed by atoms with Gasteiger partial charge in [0, 0.05) is 31.6 Å². The van der Waals surface area contributed by atoms with Gasteiger partial charge in [-0.1, -0.05) is 0 Å². The van der Waals surface area contributed by atoms with Crippen molar-refractivity contribution in [3.63, 3.8) is 0 Å². The highest BCUT2D eigenvalue weighted by molar-refractivity contribution is 5.82. The molecule has 2 aliphatic rings. The highest BCUT2D eigenvalue weighted by atomic mass is 19.4. The van der Waals surface area contributed by atoms with Crippen LogP contribution in [0, 0.1) is 5.41 Å². The highest BCUT2D eigenvalue weighted by Crippen LogP contribution is 2.39. The molecule has 2 aliphatic heterocycles. The van der Waals surface area contributed by atoms with Crippen molar-refractivity contribution in [2.24, 2.45) is 5.41 Å². The van der Waals surface area contributed by atoms with E-state index in [1.807, 2.05) is 7.05 Å². The molecule has 2 heterocycles. The molecule has 0 bridgehead atoms. The van der Waals surface area contributed by atoms with Crippen LogP contribution in [0.3, 0.4) is 0 Å². The summed E-state index contributed by atoms with van der Waals surface area (Å²) in [5.41, 5.74) is -0.0599. The van der Waals surface area contributed by atoms with Crippen LogP contribution in [0.4, 0.5) is 13.2 Å². The van der Waals surface area contributed by atoms with Gasteiger partial charge >= 0.3 is 12.1 Å². The molecule has 0 atom stereocenters. The van der Waals surface area contributed by atoms with Crippen LogP contribution in [0.2, 0.25) is 0 Å². The Labute approximate surface area is 85.8 Å². The van der Waals surface area contributed by atoms with Gasteiger partial charge in [-0.25, -0.2) is 0 Å². The lowest BCUT2D eigenvalue weighted by Gasteiger charge is -2.46. The summed E-state index contributed by atoms with van der Waals surface area (Å²) in [7, 11) is 1.93. The minimum absolute atomic E-state index is 0.0599. The first-order valence-corrected chi connectivity index (χ1v) is 4.87. The van der Waals surface area contributed by atoms with Crippen molar-refractivity contribution >= 4 is 5.91 Å². The molecule has 0 N–H and O–H groups in total. The monoisotopic (exact) mass is 222 g/mol. The molecule has 2 saturated heterocycles. The quantitative estimate of drug-likeness (QED) is 0.602. The van der Waals surface area contributed by atoms with E-state index < -0.39 is 12.1 Å². The van der Waals surface area contributed by atoms with E-state index >= 15 is 0 Å². The van der Waals surface area contributed by atoms with Crippen molar-refractivity contribution < 1.29 is 18.0 Å². The SMILES string of the molecule is CN1CC2(CCN(C(=O)C(F)(F)F)C2)C1. The second-order valence-electron chi connectivity index (χ2n) is 4.65. The van der Waals surface area contributed by atoms with E-state index in [1.165, 1.54) is 0 Å². The van der Waals surface area contributed by atoms with E-state index in [0.717, 1.165) is 18.0 Å². The Bertz CT molecular complexity index is 284. The summed E-state index contributed by atoms with van der Waals surface area (Å²) in [5.74, 6) is -1.69. The van der Waals surface area contributed by atoms with Crippen LogP contribution in [0.15, 0.2) is 0 Å². The molecular weight excluding hydrogens is 209 g/mol. The molecule has 0 unspecified atom stereocenters. The van der Waals surface area contributed by atoms with Crippen molar-refractivity contribution in [2.45, 2.75) is 12.6 Å². The third kappa shape index (κ3) is 1.82. The molecule has 1 spiro atoms. The first-order chi connectivity index (χ1) is 6.82. The van der Waals surface area contributed by atoms with E-state index in [2.05, 4.69) is 4.90 Å². The molecule has 0 aromatic carbocycles. The third-order valence-electron chi connectivity index (χ3n) is 3.18. The molecule has 15 heavy (non-hydrogen) atoms. The van der Waals surface area contributed by atoms with Gasteiger partial charge in [0.1, 0.15) is 0 Å².